The van der Waals surface area contributed by atoms with Crippen molar-refractivity contribution in [2.24, 2.45) is 0 Å². The molecule has 2 rings (SSSR count). The zero-order valence-electron chi connectivity index (χ0n) is 15.3. The summed E-state index contributed by atoms with van der Waals surface area (Å²) in [6.07, 6.45) is 2.65. The second-order valence-corrected chi connectivity index (χ2v) is 7.08. The van der Waals surface area contributed by atoms with Crippen LogP contribution in [0.4, 0.5) is 0 Å². The maximum absolute atomic E-state index is 11.8. The van der Waals surface area contributed by atoms with Crippen molar-refractivity contribution < 1.29 is 9.53 Å². The van der Waals surface area contributed by atoms with E-state index in [1.54, 1.807) is 34.9 Å². The SMILES string of the molecule is Cc1cccc(=O)n1CCCCNC(=O)CCCOc1ccc(Cl)cc1Cl. The molecule has 0 spiro atoms. The first kappa shape index (κ1) is 21.3. The number of ether oxygens (including phenoxy) is 1. The predicted octanol–water partition coefficient (Wildman–Crippen LogP) is 4.22. The lowest BCUT2D eigenvalue weighted by Gasteiger charge is -2.10. The molecule has 7 heteroatoms. The van der Waals surface area contributed by atoms with Gasteiger partial charge in [-0.2, -0.15) is 0 Å². The number of aromatic nitrogens is 1. The number of unbranched alkanes of at least 4 members (excludes halogenated alkanes) is 1. The molecule has 1 amide bonds. The molecule has 0 saturated carbocycles. The van der Waals surface area contributed by atoms with Gasteiger partial charge in [-0.1, -0.05) is 29.3 Å². The molecule has 0 bridgehead atoms. The number of carbonyl (C=O) groups excluding carboxylic acids is 1. The Balaban J connectivity index is 1.56. The summed E-state index contributed by atoms with van der Waals surface area (Å²) in [5.74, 6) is 0.557. The minimum atomic E-state index is -0.00568. The summed E-state index contributed by atoms with van der Waals surface area (Å²) in [4.78, 5) is 23.6. The Hall–Kier alpha value is -1.98. The molecule has 0 aliphatic rings. The lowest BCUT2D eigenvalue weighted by Crippen LogP contribution is -2.25. The number of hydrogen-bond donors (Lipinski definition) is 1. The van der Waals surface area contributed by atoms with Gasteiger partial charge in [0.05, 0.1) is 11.6 Å². The van der Waals surface area contributed by atoms with Crippen molar-refractivity contribution in [3.05, 3.63) is 62.5 Å². The molecule has 0 radical (unpaired) electrons. The molecule has 5 nitrogen and oxygen atoms in total. The maximum Gasteiger partial charge on any atom is 0.250 e. The van der Waals surface area contributed by atoms with Crippen LogP contribution >= 0.6 is 23.2 Å². The highest BCUT2D eigenvalue weighted by molar-refractivity contribution is 6.35. The van der Waals surface area contributed by atoms with Gasteiger partial charge in [-0.3, -0.25) is 9.59 Å². The van der Waals surface area contributed by atoms with Gasteiger partial charge in [-0.25, -0.2) is 0 Å². The molecule has 146 valence electrons. The van der Waals surface area contributed by atoms with Crippen molar-refractivity contribution >= 4 is 29.1 Å². The van der Waals surface area contributed by atoms with Crippen molar-refractivity contribution in [1.29, 1.82) is 0 Å². The van der Waals surface area contributed by atoms with Gasteiger partial charge in [-0.05, 0) is 50.5 Å². The van der Waals surface area contributed by atoms with Crippen LogP contribution in [0.1, 0.15) is 31.4 Å². The number of aryl methyl sites for hydroxylation is 1. The van der Waals surface area contributed by atoms with E-state index < -0.39 is 0 Å². The Kier molecular flexibility index (Phi) is 8.69. The third-order valence-corrected chi connectivity index (χ3v) is 4.63. The molecule has 1 N–H and O–H groups in total. The molecule has 0 saturated heterocycles. The minimum Gasteiger partial charge on any atom is -0.492 e. The highest BCUT2D eigenvalue weighted by Crippen LogP contribution is 2.27. The third-order valence-electron chi connectivity index (χ3n) is 4.10. The Labute approximate surface area is 169 Å². The van der Waals surface area contributed by atoms with Gasteiger partial charge < -0.3 is 14.6 Å². The third kappa shape index (κ3) is 7.27. The molecule has 1 aromatic carbocycles. The average molecular weight is 411 g/mol. The lowest BCUT2D eigenvalue weighted by molar-refractivity contribution is -0.121. The standard InChI is InChI=1S/C20H24Cl2N2O3/c1-15-6-4-8-20(26)24(15)12-3-2-11-23-19(25)7-5-13-27-18-10-9-16(21)14-17(18)22/h4,6,8-10,14H,2-3,5,7,11-13H2,1H3,(H,23,25). The van der Waals surface area contributed by atoms with Crippen LogP contribution in [-0.2, 0) is 11.3 Å². The Morgan fingerprint density at radius 2 is 1.96 bits per heavy atom. The molecule has 2 aromatic rings. The van der Waals surface area contributed by atoms with Crippen LogP contribution in [0, 0.1) is 6.92 Å². The van der Waals surface area contributed by atoms with E-state index in [1.165, 1.54) is 0 Å². The van der Waals surface area contributed by atoms with Crippen LogP contribution < -0.4 is 15.6 Å². The van der Waals surface area contributed by atoms with Crippen LogP contribution in [0.15, 0.2) is 41.2 Å². The van der Waals surface area contributed by atoms with Crippen LogP contribution in [0.5, 0.6) is 5.75 Å². The summed E-state index contributed by atoms with van der Waals surface area (Å²) in [6.45, 7) is 3.59. The second-order valence-electron chi connectivity index (χ2n) is 6.24. The molecular formula is C20H24Cl2N2O3. The molecule has 0 aliphatic heterocycles. The Morgan fingerprint density at radius 1 is 1.15 bits per heavy atom. The number of carbonyl (C=O) groups is 1. The van der Waals surface area contributed by atoms with E-state index >= 15 is 0 Å². The van der Waals surface area contributed by atoms with Crippen LogP contribution in [-0.4, -0.2) is 23.6 Å². The van der Waals surface area contributed by atoms with Gasteiger partial charge in [-0.15, -0.1) is 0 Å². The first-order valence-electron chi connectivity index (χ1n) is 8.98. The molecule has 0 fully saturated rings. The zero-order chi connectivity index (χ0) is 19.6. The number of amides is 1. The summed E-state index contributed by atoms with van der Waals surface area (Å²) < 4.78 is 7.30. The summed E-state index contributed by atoms with van der Waals surface area (Å²) in [7, 11) is 0. The fraction of sp³-hybridized carbons (Fsp3) is 0.400. The number of nitrogens with zero attached hydrogens (tertiary/aromatic N) is 1. The van der Waals surface area contributed by atoms with E-state index in [9.17, 15) is 9.59 Å². The van der Waals surface area contributed by atoms with Gasteiger partial charge in [0.15, 0.2) is 0 Å². The van der Waals surface area contributed by atoms with E-state index in [-0.39, 0.29) is 11.5 Å². The Morgan fingerprint density at radius 3 is 2.70 bits per heavy atom. The normalized spacial score (nSPS) is 10.6. The molecule has 0 unspecified atom stereocenters. The van der Waals surface area contributed by atoms with Crippen LogP contribution in [0.3, 0.4) is 0 Å². The largest absolute Gasteiger partial charge is 0.492 e. The highest BCUT2D eigenvalue weighted by Gasteiger charge is 2.05. The highest BCUT2D eigenvalue weighted by atomic mass is 35.5. The van der Waals surface area contributed by atoms with E-state index in [2.05, 4.69) is 5.32 Å². The number of benzene rings is 1. The van der Waals surface area contributed by atoms with Gasteiger partial charge in [0, 0.05) is 36.3 Å². The quantitative estimate of drug-likeness (QED) is 0.596. The number of halogens is 2. The van der Waals surface area contributed by atoms with Crippen molar-refractivity contribution in [1.82, 2.24) is 9.88 Å². The van der Waals surface area contributed by atoms with Crippen molar-refractivity contribution in [3.63, 3.8) is 0 Å². The average Bonchev–Trinajstić information content (AvgIpc) is 2.62. The second kappa shape index (κ2) is 11.0. The van der Waals surface area contributed by atoms with E-state index in [1.807, 2.05) is 13.0 Å². The lowest BCUT2D eigenvalue weighted by atomic mass is 10.2. The predicted molar refractivity (Wildman–Crippen MR) is 109 cm³/mol. The Bertz CT molecular complexity index is 821. The van der Waals surface area contributed by atoms with Crippen molar-refractivity contribution in [3.8, 4) is 5.75 Å². The van der Waals surface area contributed by atoms with Crippen LogP contribution in [0.2, 0.25) is 10.0 Å². The fourth-order valence-electron chi connectivity index (χ4n) is 2.63. The number of pyridine rings is 1. The first-order valence-corrected chi connectivity index (χ1v) is 9.74. The zero-order valence-corrected chi connectivity index (χ0v) is 16.9. The minimum absolute atomic E-state index is 0.00568. The van der Waals surface area contributed by atoms with Crippen molar-refractivity contribution in [2.75, 3.05) is 13.2 Å². The van der Waals surface area contributed by atoms with E-state index in [4.69, 9.17) is 27.9 Å². The van der Waals surface area contributed by atoms with E-state index in [0.717, 1.165) is 18.5 Å². The fourth-order valence-corrected chi connectivity index (χ4v) is 3.09. The van der Waals surface area contributed by atoms with Gasteiger partial charge in [0.2, 0.25) is 5.91 Å². The number of nitrogens with one attached hydrogen (secondary N) is 1. The topological polar surface area (TPSA) is 60.3 Å². The van der Waals surface area contributed by atoms with Gasteiger partial charge in [0.1, 0.15) is 5.75 Å². The summed E-state index contributed by atoms with van der Waals surface area (Å²) in [5.41, 5.74) is 0.965. The molecule has 1 aromatic heterocycles. The monoisotopic (exact) mass is 410 g/mol. The summed E-state index contributed by atoms with van der Waals surface area (Å²) in [5, 5.41) is 3.90. The van der Waals surface area contributed by atoms with Gasteiger partial charge in [0.25, 0.3) is 5.56 Å². The number of hydrogen-bond acceptors (Lipinski definition) is 3. The summed E-state index contributed by atoms with van der Waals surface area (Å²) in [6, 6.07) is 10.3. The molecule has 0 atom stereocenters. The smallest absolute Gasteiger partial charge is 0.250 e. The van der Waals surface area contributed by atoms with Crippen LogP contribution in [0.25, 0.3) is 0 Å². The molecule has 1 heterocycles. The van der Waals surface area contributed by atoms with Gasteiger partial charge >= 0.3 is 0 Å². The van der Waals surface area contributed by atoms with Crippen molar-refractivity contribution in [2.45, 2.75) is 39.2 Å². The first-order chi connectivity index (χ1) is 13.0. The number of rotatable bonds is 10. The van der Waals surface area contributed by atoms with E-state index in [0.29, 0.717) is 48.3 Å². The molecular weight excluding hydrogens is 387 g/mol. The summed E-state index contributed by atoms with van der Waals surface area (Å²) >= 11 is 11.9. The molecule has 0 aliphatic carbocycles. The maximum atomic E-state index is 11.8. The molecule has 27 heavy (non-hydrogen) atoms.